The van der Waals surface area contributed by atoms with Gasteiger partial charge in [0.25, 0.3) is 0 Å². The zero-order chi connectivity index (χ0) is 9.97. The predicted molar refractivity (Wildman–Crippen MR) is 56.1 cm³/mol. The van der Waals surface area contributed by atoms with Crippen LogP contribution in [0.3, 0.4) is 0 Å². The monoisotopic (exact) mass is 191 g/mol. The van der Waals surface area contributed by atoms with E-state index in [1.807, 2.05) is 29.2 Å². The van der Waals surface area contributed by atoms with Crippen LogP contribution in [0.1, 0.15) is 0 Å². The summed E-state index contributed by atoms with van der Waals surface area (Å²) in [6.45, 7) is 2.00. The maximum atomic E-state index is 11.1. The Morgan fingerprint density at radius 3 is 2.64 bits per heavy atom. The van der Waals surface area contributed by atoms with Crippen LogP contribution in [-0.2, 0) is 4.79 Å². The second-order valence-corrected chi connectivity index (χ2v) is 3.36. The summed E-state index contributed by atoms with van der Waals surface area (Å²) in [5, 5.41) is 2.79. The molecule has 4 nitrogen and oxygen atoms in total. The Morgan fingerprint density at radius 2 is 2.00 bits per heavy atom. The third-order valence-electron chi connectivity index (χ3n) is 2.30. The molecule has 1 aromatic rings. The number of anilines is 2. The Labute approximate surface area is 82.7 Å². The van der Waals surface area contributed by atoms with Crippen LogP contribution in [0.15, 0.2) is 24.3 Å². The second-order valence-electron chi connectivity index (χ2n) is 3.36. The van der Waals surface area contributed by atoms with Crippen molar-refractivity contribution in [1.82, 2.24) is 5.32 Å². The van der Waals surface area contributed by atoms with Gasteiger partial charge in [0.05, 0.1) is 6.54 Å². The first-order valence-electron chi connectivity index (χ1n) is 4.63. The highest BCUT2D eigenvalue weighted by atomic mass is 16.2. The fraction of sp³-hybridized carbons (Fsp3) is 0.300. The summed E-state index contributed by atoms with van der Waals surface area (Å²) in [6.07, 6.45) is 0. The van der Waals surface area contributed by atoms with Crippen molar-refractivity contribution in [3.05, 3.63) is 24.3 Å². The van der Waals surface area contributed by atoms with Crippen LogP contribution in [0, 0.1) is 0 Å². The van der Waals surface area contributed by atoms with Crippen molar-refractivity contribution in [2.24, 2.45) is 0 Å². The van der Waals surface area contributed by atoms with Crippen LogP contribution in [0.5, 0.6) is 0 Å². The molecule has 1 fully saturated rings. The number of nitrogens with zero attached hydrogens (tertiary/aromatic N) is 1. The largest absolute Gasteiger partial charge is 0.399 e. The Kier molecular flexibility index (Phi) is 2.26. The number of hydrogen-bond donors (Lipinski definition) is 2. The van der Waals surface area contributed by atoms with Gasteiger partial charge in [-0.15, -0.1) is 0 Å². The lowest BCUT2D eigenvalue weighted by Gasteiger charge is -2.28. The van der Waals surface area contributed by atoms with Crippen LogP contribution in [-0.4, -0.2) is 25.5 Å². The van der Waals surface area contributed by atoms with Crippen molar-refractivity contribution >= 4 is 17.3 Å². The van der Waals surface area contributed by atoms with Crippen molar-refractivity contribution in [3.8, 4) is 0 Å². The van der Waals surface area contributed by atoms with E-state index < -0.39 is 0 Å². The van der Waals surface area contributed by atoms with E-state index in [0.29, 0.717) is 13.1 Å². The zero-order valence-electron chi connectivity index (χ0n) is 7.86. The number of nitrogen functional groups attached to an aromatic ring is 1. The summed E-state index contributed by atoms with van der Waals surface area (Å²) < 4.78 is 0. The highest BCUT2D eigenvalue weighted by Crippen LogP contribution is 2.16. The molecule has 0 spiro atoms. The van der Waals surface area contributed by atoms with E-state index in [2.05, 4.69) is 5.32 Å². The van der Waals surface area contributed by atoms with Gasteiger partial charge < -0.3 is 16.0 Å². The van der Waals surface area contributed by atoms with Gasteiger partial charge >= 0.3 is 0 Å². The number of hydrogen-bond acceptors (Lipinski definition) is 3. The van der Waals surface area contributed by atoms with Crippen LogP contribution in [0.25, 0.3) is 0 Å². The average Bonchev–Trinajstić information content (AvgIpc) is 2.19. The van der Waals surface area contributed by atoms with Crippen LogP contribution in [0.2, 0.25) is 0 Å². The van der Waals surface area contributed by atoms with Gasteiger partial charge in [-0.2, -0.15) is 0 Å². The number of rotatable bonds is 1. The van der Waals surface area contributed by atoms with E-state index in [9.17, 15) is 4.79 Å². The lowest BCUT2D eigenvalue weighted by Crippen LogP contribution is -2.47. The number of nitrogens with one attached hydrogen (secondary N) is 1. The average molecular weight is 191 g/mol. The molecule has 1 amide bonds. The topological polar surface area (TPSA) is 58.4 Å². The SMILES string of the molecule is Nc1ccc(N2CCNC(=O)C2)cc1. The van der Waals surface area contributed by atoms with Crippen molar-refractivity contribution < 1.29 is 4.79 Å². The minimum absolute atomic E-state index is 0.0769. The van der Waals surface area contributed by atoms with Crippen molar-refractivity contribution in [1.29, 1.82) is 0 Å². The van der Waals surface area contributed by atoms with Crippen LogP contribution >= 0.6 is 0 Å². The molecule has 1 aliphatic rings. The van der Waals surface area contributed by atoms with Gasteiger partial charge in [0.15, 0.2) is 0 Å². The summed E-state index contributed by atoms with van der Waals surface area (Å²) in [7, 11) is 0. The van der Waals surface area contributed by atoms with Crippen molar-refractivity contribution in [2.75, 3.05) is 30.3 Å². The Balaban J connectivity index is 2.14. The number of piperazine rings is 1. The summed E-state index contributed by atoms with van der Waals surface area (Å²) >= 11 is 0. The molecule has 0 unspecified atom stereocenters. The van der Waals surface area contributed by atoms with E-state index in [1.54, 1.807) is 0 Å². The standard InChI is InChI=1S/C10H13N3O/c11-8-1-3-9(4-2-8)13-6-5-12-10(14)7-13/h1-4H,5-7,11H2,(H,12,14). The van der Waals surface area contributed by atoms with Crippen LogP contribution in [0.4, 0.5) is 11.4 Å². The summed E-state index contributed by atoms with van der Waals surface area (Å²) in [4.78, 5) is 13.2. The number of carbonyl (C=O) groups excluding carboxylic acids is 1. The lowest BCUT2D eigenvalue weighted by atomic mass is 10.2. The fourth-order valence-electron chi connectivity index (χ4n) is 1.54. The Morgan fingerprint density at radius 1 is 1.29 bits per heavy atom. The molecule has 0 bridgehead atoms. The van der Waals surface area contributed by atoms with E-state index in [4.69, 9.17) is 5.73 Å². The minimum Gasteiger partial charge on any atom is -0.399 e. The first-order chi connectivity index (χ1) is 6.75. The molecule has 1 aliphatic heterocycles. The van der Waals surface area contributed by atoms with Gasteiger partial charge in [-0.05, 0) is 24.3 Å². The maximum absolute atomic E-state index is 11.1. The molecule has 1 aromatic carbocycles. The highest BCUT2D eigenvalue weighted by Gasteiger charge is 2.15. The number of nitrogens with two attached hydrogens (primary N) is 1. The molecule has 4 heteroatoms. The van der Waals surface area contributed by atoms with Gasteiger partial charge in [0.1, 0.15) is 0 Å². The van der Waals surface area contributed by atoms with E-state index in [1.165, 1.54) is 0 Å². The maximum Gasteiger partial charge on any atom is 0.239 e. The van der Waals surface area contributed by atoms with Gasteiger partial charge in [0.2, 0.25) is 5.91 Å². The molecule has 0 atom stereocenters. The minimum atomic E-state index is 0.0769. The highest BCUT2D eigenvalue weighted by molar-refractivity contribution is 5.82. The first-order valence-corrected chi connectivity index (χ1v) is 4.63. The number of benzene rings is 1. The fourth-order valence-corrected chi connectivity index (χ4v) is 1.54. The molecule has 0 aliphatic carbocycles. The molecule has 14 heavy (non-hydrogen) atoms. The van der Waals surface area contributed by atoms with Crippen LogP contribution < -0.4 is 16.0 Å². The Bertz CT molecular complexity index is 334. The molecular weight excluding hydrogens is 178 g/mol. The van der Waals surface area contributed by atoms with Gasteiger partial charge in [0, 0.05) is 24.5 Å². The van der Waals surface area contributed by atoms with Crippen molar-refractivity contribution in [2.45, 2.75) is 0 Å². The first kappa shape index (κ1) is 8.87. The summed E-state index contributed by atoms with van der Waals surface area (Å²) in [5.74, 6) is 0.0769. The molecule has 1 heterocycles. The van der Waals surface area contributed by atoms with Gasteiger partial charge in [-0.25, -0.2) is 0 Å². The molecule has 2 rings (SSSR count). The third-order valence-corrected chi connectivity index (χ3v) is 2.30. The second kappa shape index (κ2) is 3.57. The zero-order valence-corrected chi connectivity index (χ0v) is 7.86. The number of carbonyl (C=O) groups is 1. The summed E-state index contributed by atoms with van der Waals surface area (Å²) in [5.41, 5.74) is 7.38. The molecule has 3 N–H and O–H groups in total. The molecule has 1 saturated heterocycles. The molecule has 0 radical (unpaired) electrons. The van der Waals surface area contributed by atoms with Crippen molar-refractivity contribution in [3.63, 3.8) is 0 Å². The molecule has 74 valence electrons. The van der Waals surface area contributed by atoms with E-state index in [0.717, 1.165) is 17.9 Å². The van der Waals surface area contributed by atoms with E-state index in [-0.39, 0.29) is 5.91 Å². The summed E-state index contributed by atoms with van der Waals surface area (Å²) in [6, 6.07) is 7.57. The normalized spacial score (nSPS) is 16.6. The molecule has 0 saturated carbocycles. The van der Waals surface area contributed by atoms with Gasteiger partial charge in [-0.3, -0.25) is 4.79 Å². The smallest absolute Gasteiger partial charge is 0.239 e. The Hall–Kier alpha value is -1.71. The third kappa shape index (κ3) is 1.79. The molecule has 0 aromatic heterocycles. The quantitative estimate of drug-likeness (QED) is 0.624. The van der Waals surface area contributed by atoms with Gasteiger partial charge in [-0.1, -0.05) is 0 Å². The number of amides is 1. The predicted octanol–water partition coefficient (Wildman–Crippen LogP) is 0.205. The molecular formula is C10H13N3O. The lowest BCUT2D eigenvalue weighted by molar-refractivity contribution is -0.120. The van der Waals surface area contributed by atoms with E-state index >= 15 is 0 Å².